The van der Waals surface area contributed by atoms with Gasteiger partial charge in [-0.3, -0.25) is 0 Å². The third-order valence-corrected chi connectivity index (χ3v) is 3.96. The number of aryl methyl sites for hydroxylation is 1. The van der Waals surface area contributed by atoms with Crippen molar-refractivity contribution in [1.82, 2.24) is 20.2 Å². The minimum atomic E-state index is -0.0359. The molecule has 118 valence electrons. The number of anilines is 1. The Morgan fingerprint density at radius 3 is 2.70 bits per heavy atom. The predicted octanol–water partition coefficient (Wildman–Crippen LogP) is 3.67. The number of aromatic nitrogens is 4. The molecule has 23 heavy (non-hydrogen) atoms. The molecular formula is C16H16BrN5O. The van der Waals surface area contributed by atoms with E-state index < -0.39 is 0 Å². The average molecular weight is 374 g/mol. The number of nitrogens with one attached hydrogen (secondary N) is 1. The number of benzene rings is 1. The highest BCUT2D eigenvalue weighted by Gasteiger charge is 2.13. The van der Waals surface area contributed by atoms with Gasteiger partial charge in [-0.15, -0.1) is 0 Å². The van der Waals surface area contributed by atoms with Crippen LogP contribution in [0.4, 0.5) is 5.82 Å². The maximum absolute atomic E-state index is 5.40. The lowest BCUT2D eigenvalue weighted by molar-refractivity contribution is 0.418. The number of hydrogen-bond donors (Lipinski definition) is 1. The van der Waals surface area contributed by atoms with E-state index in [0.717, 1.165) is 32.6 Å². The van der Waals surface area contributed by atoms with Crippen molar-refractivity contribution in [3.05, 3.63) is 46.5 Å². The summed E-state index contributed by atoms with van der Waals surface area (Å²) in [5.41, 5.74) is 2.50. The Balaban J connectivity index is 1.99. The summed E-state index contributed by atoms with van der Waals surface area (Å²) in [6.45, 7) is 3.93. The molecule has 1 N–H and O–H groups in total. The summed E-state index contributed by atoms with van der Waals surface area (Å²) >= 11 is 3.49. The smallest absolute Gasteiger partial charge is 0.146 e. The van der Waals surface area contributed by atoms with E-state index in [4.69, 9.17) is 4.74 Å². The van der Waals surface area contributed by atoms with Gasteiger partial charge < -0.3 is 10.1 Å². The first kappa shape index (κ1) is 15.6. The van der Waals surface area contributed by atoms with Gasteiger partial charge in [0, 0.05) is 9.86 Å². The molecule has 2 aromatic heterocycles. The maximum atomic E-state index is 5.40. The fourth-order valence-electron chi connectivity index (χ4n) is 2.29. The second-order valence-electron chi connectivity index (χ2n) is 5.19. The molecule has 0 aliphatic carbocycles. The highest BCUT2D eigenvalue weighted by atomic mass is 79.9. The minimum absolute atomic E-state index is 0.0359. The third-order valence-electron chi connectivity index (χ3n) is 3.50. The molecule has 1 aromatic carbocycles. The quantitative estimate of drug-likeness (QED) is 0.751. The first-order chi connectivity index (χ1) is 11.1. The van der Waals surface area contributed by atoms with E-state index in [1.54, 1.807) is 7.11 Å². The Hall–Kier alpha value is -2.28. The summed E-state index contributed by atoms with van der Waals surface area (Å²) in [4.78, 5) is 8.68. The molecule has 2 heterocycles. The summed E-state index contributed by atoms with van der Waals surface area (Å²) in [7, 11) is 1.63. The average Bonchev–Trinajstić information content (AvgIpc) is 2.55. The lowest BCUT2D eigenvalue weighted by atomic mass is 10.2. The molecule has 0 radical (unpaired) electrons. The Morgan fingerprint density at radius 2 is 2.00 bits per heavy atom. The molecule has 7 heteroatoms. The van der Waals surface area contributed by atoms with Crippen LogP contribution in [0.15, 0.2) is 35.1 Å². The van der Waals surface area contributed by atoms with Gasteiger partial charge in [-0.25, -0.2) is 9.97 Å². The van der Waals surface area contributed by atoms with Gasteiger partial charge in [-0.05, 0) is 38.1 Å². The molecule has 0 amide bonds. The van der Waals surface area contributed by atoms with Crippen molar-refractivity contribution in [2.45, 2.75) is 19.9 Å². The van der Waals surface area contributed by atoms with Gasteiger partial charge in [0.25, 0.3) is 0 Å². The van der Waals surface area contributed by atoms with Crippen LogP contribution in [-0.2, 0) is 0 Å². The highest BCUT2D eigenvalue weighted by Crippen LogP contribution is 2.32. The van der Waals surface area contributed by atoms with E-state index in [1.807, 2.05) is 38.1 Å². The monoisotopic (exact) mass is 373 g/mol. The van der Waals surface area contributed by atoms with Crippen molar-refractivity contribution in [3.63, 3.8) is 0 Å². The predicted molar refractivity (Wildman–Crippen MR) is 92.6 cm³/mol. The zero-order chi connectivity index (χ0) is 16.4. The minimum Gasteiger partial charge on any atom is -0.494 e. The first-order valence-electron chi connectivity index (χ1n) is 7.13. The summed E-state index contributed by atoms with van der Waals surface area (Å²) < 4.78 is 6.30. The number of ether oxygens (including phenoxy) is 1. The van der Waals surface area contributed by atoms with Gasteiger partial charge in [0.15, 0.2) is 0 Å². The first-order valence-corrected chi connectivity index (χ1v) is 7.93. The third kappa shape index (κ3) is 3.24. The lowest BCUT2D eigenvalue weighted by Crippen LogP contribution is -2.11. The van der Waals surface area contributed by atoms with E-state index in [0.29, 0.717) is 5.75 Å². The van der Waals surface area contributed by atoms with E-state index in [1.165, 1.54) is 6.33 Å². The molecule has 0 saturated heterocycles. The van der Waals surface area contributed by atoms with E-state index in [2.05, 4.69) is 41.4 Å². The van der Waals surface area contributed by atoms with Gasteiger partial charge in [-0.2, -0.15) is 10.2 Å². The van der Waals surface area contributed by atoms with Crippen LogP contribution >= 0.6 is 15.9 Å². The normalized spacial score (nSPS) is 12.2. The number of rotatable bonds is 4. The van der Waals surface area contributed by atoms with Gasteiger partial charge in [-0.1, -0.05) is 15.9 Å². The number of halogens is 1. The van der Waals surface area contributed by atoms with Crippen molar-refractivity contribution < 1.29 is 4.74 Å². The highest BCUT2D eigenvalue weighted by molar-refractivity contribution is 9.10. The lowest BCUT2D eigenvalue weighted by Gasteiger charge is -2.16. The van der Waals surface area contributed by atoms with Crippen molar-refractivity contribution in [2.75, 3.05) is 12.4 Å². The molecule has 3 rings (SSSR count). The Kier molecular flexibility index (Phi) is 4.38. The molecule has 0 spiro atoms. The molecule has 1 atom stereocenters. The molecule has 0 fully saturated rings. The van der Waals surface area contributed by atoms with Crippen LogP contribution in [0.25, 0.3) is 10.9 Å². The largest absolute Gasteiger partial charge is 0.494 e. The van der Waals surface area contributed by atoms with E-state index in [9.17, 15) is 0 Å². The molecule has 0 aliphatic rings. The zero-order valence-corrected chi connectivity index (χ0v) is 14.6. The van der Waals surface area contributed by atoms with Crippen LogP contribution in [0.1, 0.15) is 24.4 Å². The van der Waals surface area contributed by atoms with Crippen LogP contribution in [0, 0.1) is 6.92 Å². The topological polar surface area (TPSA) is 72.8 Å². The Labute approximate surface area is 142 Å². The van der Waals surface area contributed by atoms with Gasteiger partial charge in [0.2, 0.25) is 0 Å². The van der Waals surface area contributed by atoms with Crippen LogP contribution in [0.5, 0.6) is 5.75 Å². The number of nitrogens with zero attached hydrogens (tertiary/aromatic N) is 4. The van der Waals surface area contributed by atoms with Crippen molar-refractivity contribution in [1.29, 1.82) is 0 Å². The molecule has 3 aromatic rings. The number of fused-ring (bicyclic) bond motifs is 1. The molecule has 0 aliphatic heterocycles. The zero-order valence-electron chi connectivity index (χ0n) is 13.0. The second kappa shape index (κ2) is 6.45. The van der Waals surface area contributed by atoms with E-state index in [-0.39, 0.29) is 6.04 Å². The van der Waals surface area contributed by atoms with Crippen LogP contribution < -0.4 is 10.1 Å². The number of methoxy groups -OCH3 is 1. The fourth-order valence-corrected chi connectivity index (χ4v) is 2.73. The second-order valence-corrected chi connectivity index (χ2v) is 6.11. The number of hydrogen-bond acceptors (Lipinski definition) is 6. The molecule has 6 nitrogen and oxygen atoms in total. The Bertz CT molecular complexity index is 838. The van der Waals surface area contributed by atoms with E-state index >= 15 is 0 Å². The summed E-state index contributed by atoms with van der Waals surface area (Å²) in [5.74, 6) is 1.42. The summed E-state index contributed by atoms with van der Waals surface area (Å²) in [6.07, 6.45) is 1.52. The van der Waals surface area contributed by atoms with Crippen LogP contribution in [0.3, 0.4) is 0 Å². The maximum Gasteiger partial charge on any atom is 0.146 e. The summed E-state index contributed by atoms with van der Waals surface area (Å²) in [5, 5.41) is 12.6. The molecule has 0 bridgehead atoms. The molecule has 0 saturated carbocycles. The Morgan fingerprint density at radius 1 is 1.17 bits per heavy atom. The SMILES string of the molecule is COc1cc(Br)cc2c(N[C@H](C)c3ccc(C)nn3)ncnc12. The molecule has 0 unspecified atom stereocenters. The van der Waals surface area contributed by atoms with Crippen molar-refractivity contribution in [3.8, 4) is 5.75 Å². The van der Waals surface area contributed by atoms with Gasteiger partial charge >= 0.3 is 0 Å². The van der Waals surface area contributed by atoms with Gasteiger partial charge in [0.1, 0.15) is 23.4 Å². The van der Waals surface area contributed by atoms with Gasteiger partial charge in [0.05, 0.1) is 24.5 Å². The van der Waals surface area contributed by atoms with Crippen LogP contribution in [0.2, 0.25) is 0 Å². The van der Waals surface area contributed by atoms with Crippen molar-refractivity contribution >= 4 is 32.7 Å². The van der Waals surface area contributed by atoms with Crippen LogP contribution in [-0.4, -0.2) is 27.3 Å². The standard InChI is InChI=1S/C16H16BrN5O/c1-9-4-5-13(22-21-9)10(2)20-16-12-6-11(17)7-14(23-3)15(12)18-8-19-16/h4-8,10H,1-3H3,(H,18,19,20)/t10-/m1/s1. The summed E-state index contributed by atoms with van der Waals surface area (Å²) in [6, 6.07) is 7.71. The molecular weight excluding hydrogens is 358 g/mol. The fraction of sp³-hybridized carbons (Fsp3) is 0.250. The van der Waals surface area contributed by atoms with Crippen molar-refractivity contribution in [2.24, 2.45) is 0 Å².